The van der Waals surface area contributed by atoms with E-state index in [-0.39, 0.29) is 73.0 Å². The van der Waals surface area contributed by atoms with Crippen molar-refractivity contribution in [3.05, 3.63) is 82.1 Å². The van der Waals surface area contributed by atoms with Gasteiger partial charge < -0.3 is 41.3 Å². The molecule has 2 saturated heterocycles. The fourth-order valence-corrected chi connectivity index (χ4v) is 10.1. The third-order valence-electron chi connectivity index (χ3n) is 12.1. The molecule has 8 atom stereocenters. The quantitative estimate of drug-likeness (QED) is 0.0814. The summed E-state index contributed by atoms with van der Waals surface area (Å²) in [7, 11) is 1.74. The monoisotopic (exact) mass is 1000 g/mol. The summed E-state index contributed by atoms with van der Waals surface area (Å²) in [6.07, 6.45) is -1.10. The van der Waals surface area contributed by atoms with E-state index in [1.807, 2.05) is 156 Å². The molecule has 0 unspecified atom stereocenters. The van der Waals surface area contributed by atoms with Gasteiger partial charge in [-0.1, -0.05) is 118 Å². The van der Waals surface area contributed by atoms with Crippen LogP contribution in [0.25, 0.3) is 20.9 Å². The first-order chi connectivity index (χ1) is 32.9. The van der Waals surface area contributed by atoms with Gasteiger partial charge in [-0.25, -0.2) is 9.97 Å². The maximum atomic E-state index is 13.3. The molecular formula is C53H80N8O7S2. The largest absolute Gasteiger partial charge is 0.391 e. The number of aromatic nitrogens is 2. The Morgan fingerprint density at radius 2 is 0.957 bits per heavy atom. The Hall–Kier alpha value is -5.07. The summed E-state index contributed by atoms with van der Waals surface area (Å²) in [6, 6.07) is 12.8. The third-order valence-corrected chi connectivity index (χ3v) is 14.1. The first kappa shape index (κ1) is 59.2. The average Bonchev–Trinajstić information content (AvgIpc) is 4.13. The number of aryl methyl sites for hydroxylation is 2. The number of amides is 5. The lowest BCUT2D eigenvalue weighted by molar-refractivity contribution is -0.144. The minimum Gasteiger partial charge on any atom is -0.391 e. The van der Waals surface area contributed by atoms with Gasteiger partial charge in [0.1, 0.15) is 18.1 Å². The van der Waals surface area contributed by atoms with Crippen molar-refractivity contribution in [3.8, 4) is 20.9 Å². The lowest BCUT2D eigenvalue weighted by atomic mass is 9.85. The molecule has 2 aliphatic rings. The Morgan fingerprint density at radius 1 is 0.614 bits per heavy atom. The fourth-order valence-electron chi connectivity index (χ4n) is 8.51. The number of likely N-dealkylation sites (N-methyl/N-ethyl adjacent to an activating group) is 1. The first-order valence-electron chi connectivity index (χ1n) is 24.4. The lowest BCUT2D eigenvalue weighted by Gasteiger charge is -2.35. The van der Waals surface area contributed by atoms with E-state index in [9.17, 15) is 34.2 Å². The van der Waals surface area contributed by atoms with Crippen molar-refractivity contribution < 1.29 is 34.2 Å². The zero-order valence-electron chi connectivity index (χ0n) is 44.3. The van der Waals surface area contributed by atoms with Crippen molar-refractivity contribution in [2.45, 2.75) is 165 Å². The zero-order valence-corrected chi connectivity index (χ0v) is 45.9. The van der Waals surface area contributed by atoms with E-state index in [1.54, 1.807) is 29.7 Å². The van der Waals surface area contributed by atoms with Crippen LogP contribution in [0.5, 0.6) is 0 Å². The smallest absolute Gasteiger partial charge is 0.246 e. The number of carbonyl (C=O) groups is 5. The summed E-state index contributed by atoms with van der Waals surface area (Å²) in [4.78, 5) is 78.3. The average molecular weight is 1010 g/mol. The van der Waals surface area contributed by atoms with Gasteiger partial charge in [0.05, 0.1) is 62.5 Å². The molecule has 17 heteroatoms. The molecule has 5 amide bonds. The molecule has 4 heterocycles. The predicted molar refractivity (Wildman–Crippen MR) is 282 cm³/mol. The topological polar surface area (TPSA) is 206 Å². The summed E-state index contributed by atoms with van der Waals surface area (Å²) in [5, 5.41) is 32.3. The van der Waals surface area contributed by atoms with Crippen molar-refractivity contribution in [2.75, 3.05) is 20.1 Å². The van der Waals surface area contributed by atoms with Gasteiger partial charge in [0.2, 0.25) is 29.5 Å². The van der Waals surface area contributed by atoms with Crippen LogP contribution in [0.2, 0.25) is 0 Å². The molecule has 6 N–H and O–H groups in total. The van der Waals surface area contributed by atoms with Gasteiger partial charge in [0, 0.05) is 32.9 Å². The standard InChI is InChI=1S/C25H34N4O4S.C24H34N4O3S.2C2H6/c1-14(17-7-9-18(10-8-17)21-15(2)26-13-34-21)27-23(32)20-11-19(31)12-29(20)24(33)22(25(4,5)6)28-16(3)30;1-14(16-7-9-17(10-8-16)20-15(2)26-13-32-20)27-22(30)19-11-18(29)12-28(19)23(31)21(25-6)24(3,4)5;2*1-2/h7-10,13-14,19-20,22,31H,11-12H2,1-6H3,(H,27,32)(H,28,30);7-10,13-14,18-19,21,25,29H,11-12H2,1-6H3,(H,27,30);2*1-2H3/t14-,19+,20-,22+;14-,18+,19-,21+;;/m00../s1. The molecule has 0 radical (unpaired) electrons. The van der Waals surface area contributed by atoms with Crippen molar-refractivity contribution in [3.63, 3.8) is 0 Å². The second-order valence-electron chi connectivity index (χ2n) is 19.6. The fraction of sp³-hybridized carbons (Fsp3) is 0.566. The Morgan fingerprint density at radius 3 is 1.24 bits per heavy atom. The summed E-state index contributed by atoms with van der Waals surface area (Å²) >= 11 is 3.19. The van der Waals surface area contributed by atoms with Crippen molar-refractivity contribution >= 4 is 52.2 Å². The van der Waals surface area contributed by atoms with E-state index in [4.69, 9.17) is 0 Å². The van der Waals surface area contributed by atoms with E-state index >= 15 is 0 Å². The Balaban J connectivity index is 0.000000346. The first-order valence-corrected chi connectivity index (χ1v) is 26.2. The van der Waals surface area contributed by atoms with Crippen LogP contribution in [0, 0.1) is 24.7 Å². The highest BCUT2D eigenvalue weighted by Crippen LogP contribution is 2.32. The highest BCUT2D eigenvalue weighted by atomic mass is 32.1. The number of nitrogens with zero attached hydrogens (tertiary/aromatic N) is 4. The minimum absolute atomic E-state index is 0.0559. The van der Waals surface area contributed by atoms with E-state index < -0.39 is 41.8 Å². The molecule has 0 aliphatic carbocycles. The molecule has 0 spiro atoms. The predicted octanol–water partition coefficient (Wildman–Crippen LogP) is 7.75. The van der Waals surface area contributed by atoms with Crippen LogP contribution in [0.1, 0.15) is 137 Å². The van der Waals surface area contributed by atoms with Gasteiger partial charge in [-0.3, -0.25) is 24.0 Å². The molecule has 2 aromatic carbocycles. The number of likely N-dealkylation sites (tertiary alicyclic amines) is 2. The number of benzene rings is 2. The SMILES string of the molecule is CC.CC.CC(=O)N[C@H](C(=O)N1C[C@H](O)C[C@H]1C(=O)N[C@@H](C)c1ccc(-c2scnc2C)cc1)C(C)(C)C.CN[C@H](C(=O)N1C[C@H](O)C[C@H]1C(=O)N[C@@H](C)c1ccc(-c2scnc2C)cc1)C(C)(C)C. The van der Waals surface area contributed by atoms with Gasteiger partial charge in [0.25, 0.3) is 0 Å². The second kappa shape index (κ2) is 26.4. The van der Waals surface area contributed by atoms with Crippen LogP contribution in [0.3, 0.4) is 0 Å². The number of β-amino-alcohol motifs (C(OH)–C–C–N with tert-alkyl or cyclic N) is 2. The molecule has 2 fully saturated rings. The Bertz CT molecular complexity index is 2320. The highest BCUT2D eigenvalue weighted by Gasteiger charge is 2.45. The van der Waals surface area contributed by atoms with Gasteiger partial charge >= 0.3 is 0 Å². The van der Waals surface area contributed by atoms with E-state index in [1.165, 1.54) is 16.7 Å². The molecule has 386 valence electrons. The van der Waals surface area contributed by atoms with Gasteiger partial charge in [-0.15, -0.1) is 22.7 Å². The number of carbonyl (C=O) groups excluding carboxylic acids is 5. The Kier molecular flexibility index (Phi) is 22.3. The highest BCUT2D eigenvalue weighted by molar-refractivity contribution is 7.13. The van der Waals surface area contributed by atoms with Crippen LogP contribution in [-0.4, -0.2) is 116 Å². The van der Waals surface area contributed by atoms with Gasteiger partial charge in [-0.05, 0) is 67.8 Å². The molecule has 15 nitrogen and oxygen atoms in total. The van der Waals surface area contributed by atoms with Crippen LogP contribution in [0.4, 0.5) is 0 Å². The normalized spacial score (nSPS) is 19.4. The molecule has 6 rings (SSSR count). The van der Waals surface area contributed by atoms with Crippen molar-refractivity contribution in [1.29, 1.82) is 0 Å². The van der Waals surface area contributed by atoms with E-state index in [2.05, 4.69) is 31.2 Å². The maximum Gasteiger partial charge on any atom is 0.246 e. The van der Waals surface area contributed by atoms with Crippen LogP contribution in [-0.2, 0) is 24.0 Å². The molecule has 0 saturated carbocycles. The summed E-state index contributed by atoms with van der Waals surface area (Å²) in [5.41, 5.74) is 8.86. The maximum absolute atomic E-state index is 13.3. The number of nitrogens with one attached hydrogen (secondary N) is 4. The zero-order chi connectivity index (χ0) is 52.8. The summed E-state index contributed by atoms with van der Waals surface area (Å²) in [6.45, 7) is 28.9. The number of hydrogen-bond donors (Lipinski definition) is 6. The minimum atomic E-state index is -0.803. The molecule has 4 aromatic rings. The Labute approximate surface area is 424 Å². The number of aliphatic hydroxyl groups excluding tert-OH is 2. The van der Waals surface area contributed by atoms with Crippen LogP contribution in [0.15, 0.2) is 59.6 Å². The van der Waals surface area contributed by atoms with E-state index in [0.29, 0.717) is 0 Å². The van der Waals surface area contributed by atoms with Crippen molar-refractivity contribution in [2.24, 2.45) is 10.8 Å². The number of hydrogen-bond acceptors (Lipinski definition) is 12. The summed E-state index contributed by atoms with van der Waals surface area (Å²) in [5.74, 6) is -1.41. The second-order valence-corrected chi connectivity index (χ2v) is 21.3. The molecule has 2 aliphatic heterocycles. The third kappa shape index (κ3) is 15.5. The van der Waals surface area contributed by atoms with Crippen LogP contribution < -0.4 is 21.3 Å². The number of rotatable bonds is 12. The molecule has 2 aromatic heterocycles. The molecule has 70 heavy (non-hydrogen) atoms. The van der Waals surface area contributed by atoms with Crippen molar-refractivity contribution in [1.82, 2.24) is 41.0 Å². The van der Waals surface area contributed by atoms with Gasteiger partial charge in [0.15, 0.2) is 0 Å². The lowest BCUT2D eigenvalue weighted by Crippen LogP contribution is -2.57. The van der Waals surface area contributed by atoms with Crippen LogP contribution >= 0.6 is 22.7 Å². The number of aliphatic hydroxyl groups is 2. The molecule has 0 bridgehead atoms. The summed E-state index contributed by atoms with van der Waals surface area (Å²) < 4.78 is 0. The van der Waals surface area contributed by atoms with E-state index in [0.717, 1.165) is 43.4 Å². The van der Waals surface area contributed by atoms with Gasteiger partial charge in [-0.2, -0.15) is 0 Å². The number of thiazole rings is 2. The molecular weight excluding hydrogens is 925 g/mol.